The second kappa shape index (κ2) is 8.54. The van der Waals surface area contributed by atoms with Gasteiger partial charge < -0.3 is 10.1 Å². The van der Waals surface area contributed by atoms with Crippen LogP contribution < -0.4 is 5.32 Å². The minimum atomic E-state index is -0.402. The number of pyridine rings is 1. The first kappa shape index (κ1) is 19.4. The fraction of sp³-hybridized carbons (Fsp3) is 0.250. The number of fused-ring (bicyclic) bond motifs is 1. The highest BCUT2D eigenvalue weighted by molar-refractivity contribution is 8.00. The number of thiophene rings is 1. The second-order valence-electron chi connectivity index (χ2n) is 5.88. The quantitative estimate of drug-likeness (QED) is 0.474. The summed E-state index contributed by atoms with van der Waals surface area (Å²) in [6.07, 6.45) is 1.75. The molecule has 0 radical (unpaired) electrons. The van der Waals surface area contributed by atoms with Crippen LogP contribution in [0.15, 0.2) is 41.4 Å². The van der Waals surface area contributed by atoms with Gasteiger partial charge in [-0.15, -0.1) is 23.1 Å². The number of benzene rings is 1. The summed E-state index contributed by atoms with van der Waals surface area (Å²) >= 11 is 2.82. The summed E-state index contributed by atoms with van der Waals surface area (Å²) in [5.41, 5.74) is 2.18. The van der Waals surface area contributed by atoms with Crippen LogP contribution in [0.2, 0.25) is 0 Å². The molecule has 1 N–H and O–H groups in total. The lowest BCUT2D eigenvalue weighted by Gasteiger charge is -2.08. The Hall–Kier alpha value is -2.38. The molecule has 0 aliphatic heterocycles. The first-order chi connectivity index (χ1) is 13.0. The number of rotatable bonds is 6. The third-order valence-corrected chi connectivity index (χ3v) is 6.24. The van der Waals surface area contributed by atoms with Gasteiger partial charge in [0.1, 0.15) is 5.00 Å². The van der Waals surface area contributed by atoms with Gasteiger partial charge in [-0.1, -0.05) is 18.2 Å². The molecule has 0 fully saturated rings. The molecule has 0 bridgehead atoms. The maximum absolute atomic E-state index is 12.5. The summed E-state index contributed by atoms with van der Waals surface area (Å²) in [6, 6.07) is 9.79. The molecule has 0 saturated heterocycles. The van der Waals surface area contributed by atoms with Gasteiger partial charge in [-0.3, -0.25) is 9.78 Å². The van der Waals surface area contributed by atoms with E-state index in [4.69, 9.17) is 4.74 Å². The number of hydrogen-bond acceptors (Lipinski definition) is 6. The molecule has 0 spiro atoms. The van der Waals surface area contributed by atoms with Crippen molar-refractivity contribution in [3.8, 4) is 0 Å². The Kier molecular flexibility index (Phi) is 6.13. The van der Waals surface area contributed by atoms with E-state index in [-0.39, 0.29) is 11.7 Å². The zero-order valence-corrected chi connectivity index (χ0v) is 17.0. The molecular formula is C20H20N2O3S2. The molecule has 3 rings (SSSR count). The highest BCUT2D eigenvalue weighted by Gasteiger charge is 2.22. The predicted octanol–water partition coefficient (Wildman–Crippen LogP) is 4.82. The molecule has 3 aromatic rings. The summed E-state index contributed by atoms with van der Waals surface area (Å²) in [7, 11) is 0. The number of nitrogens with zero attached hydrogens (tertiary/aromatic N) is 1. The van der Waals surface area contributed by atoms with Crippen LogP contribution in [-0.4, -0.2) is 29.2 Å². The molecule has 2 aromatic heterocycles. The lowest BCUT2D eigenvalue weighted by atomic mass is 10.1. The van der Waals surface area contributed by atoms with Gasteiger partial charge in [-0.25, -0.2) is 4.79 Å². The van der Waals surface area contributed by atoms with Crippen molar-refractivity contribution in [2.45, 2.75) is 25.7 Å². The SMILES string of the molecule is CCOC(=O)c1c(NC(=O)CSc2cccc3cccnc23)sc(C)c1C. The van der Waals surface area contributed by atoms with E-state index in [0.717, 1.165) is 26.2 Å². The normalized spacial score (nSPS) is 10.8. The van der Waals surface area contributed by atoms with Gasteiger partial charge in [-0.05, 0) is 38.5 Å². The second-order valence-corrected chi connectivity index (χ2v) is 8.12. The molecule has 7 heteroatoms. The monoisotopic (exact) mass is 400 g/mol. The largest absolute Gasteiger partial charge is 0.462 e. The van der Waals surface area contributed by atoms with Gasteiger partial charge in [0.15, 0.2) is 0 Å². The zero-order valence-electron chi connectivity index (χ0n) is 15.4. The van der Waals surface area contributed by atoms with E-state index >= 15 is 0 Å². The molecule has 0 saturated carbocycles. The lowest BCUT2D eigenvalue weighted by molar-refractivity contribution is -0.113. The van der Waals surface area contributed by atoms with E-state index in [1.54, 1.807) is 13.1 Å². The Morgan fingerprint density at radius 1 is 1.22 bits per heavy atom. The van der Waals surface area contributed by atoms with Crippen LogP contribution in [0.4, 0.5) is 5.00 Å². The number of ether oxygens (including phenoxy) is 1. The van der Waals surface area contributed by atoms with E-state index in [1.165, 1.54) is 23.1 Å². The third-order valence-electron chi connectivity index (χ3n) is 4.07. The number of aryl methyl sites for hydroxylation is 1. The highest BCUT2D eigenvalue weighted by atomic mass is 32.2. The number of nitrogens with one attached hydrogen (secondary N) is 1. The molecule has 1 aromatic carbocycles. The predicted molar refractivity (Wildman–Crippen MR) is 111 cm³/mol. The Labute approximate surface area is 166 Å². The summed E-state index contributed by atoms with van der Waals surface area (Å²) in [5.74, 6) is -0.339. The van der Waals surface area contributed by atoms with Crippen LogP contribution in [0, 0.1) is 13.8 Å². The average Bonchev–Trinajstić information content (AvgIpc) is 2.93. The van der Waals surface area contributed by atoms with Crippen molar-refractivity contribution in [1.29, 1.82) is 0 Å². The zero-order chi connectivity index (χ0) is 19.4. The van der Waals surface area contributed by atoms with Gasteiger partial charge in [0.25, 0.3) is 0 Å². The van der Waals surface area contributed by atoms with Crippen molar-refractivity contribution in [2.75, 3.05) is 17.7 Å². The molecule has 0 aliphatic carbocycles. The summed E-state index contributed by atoms with van der Waals surface area (Å²) in [6.45, 7) is 5.85. The molecule has 1 amide bonds. The van der Waals surface area contributed by atoms with Crippen molar-refractivity contribution >= 4 is 50.9 Å². The number of amides is 1. The van der Waals surface area contributed by atoms with Crippen LogP contribution in [0.3, 0.4) is 0 Å². The number of thioether (sulfide) groups is 1. The molecule has 2 heterocycles. The van der Waals surface area contributed by atoms with Gasteiger partial charge in [-0.2, -0.15) is 0 Å². The first-order valence-electron chi connectivity index (χ1n) is 8.54. The highest BCUT2D eigenvalue weighted by Crippen LogP contribution is 2.33. The van der Waals surface area contributed by atoms with Gasteiger partial charge in [0, 0.05) is 21.4 Å². The van der Waals surface area contributed by atoms with Gasteiger partial charge in [0.05, 0.1) is 23.4 Å². The van der Waals surface area contributed by atoms with E-state index in [2.05, 4.69) is 10.3 Å². The number of esters is 1. The van der Waals surface area contributed by atoms with E-state index in [0.29, 0.717) is 17.2 Å². The fourth-order valence-corrected chi connectivity index (χ4v) is 4.57. The molecule has 140 valence electrons. The Bertz CT molecular complexity index is 993. The average molecular weight is 401 g/mol. The maximum Gasteiger partial charge on any atom is 0.341 e. The van der Waals surface area contributed by atoms with E-state index < -0.39 is 5.97 Å². The maximum atomic E-state index is 12.5. The number of aromatic nitrogens is 1. The van der Waals surface area contributed by atoms with Gasteiger partial charge in [0.2, 0.25) is 5.91 Å². The summed E-state index contributed by atoms with van der Waals surface area (Å²) in [5, 5.41) is 4.45. The Morgan fingerprint density at radius 3 is 2.78 bits per heavy atom. The molecule has 5 nitrogen and oxygen atoms in total. The standard InChI is InChI=1S/C20H20N2O3S2/c1-4-25-20(24)17-12(2)13(3)27-19(17)22-16(23)11-26-15-9-5-7-14-8-6-10-21-18(14)15/h5-10H,4,11H2,1-3H3,(H,22,23). The third kappa shape index (κ3) is 4.31. The molecular weight excluding hydrogens is 380 g/mol. The number of hydrogen-bond donors (Lipinski definition) is 1. The summed E-state index contributed by atoms with van der Waals surface area (Å²) < 4.78 is 5.12. The minimum Gasteiger partial charge on any atom is -0.462 e. The molecule has 0 unspecified atom stereocenters. The smallest absolute Gasteiger partial charge is 0.341 e. The number of para-hydroxylation sites is 1. The van der Waals surface area contributed by atoms with E-state index in [1.807, 2.05) is 44.2 Å². The molecule has 27 heavy (non-hydrogen) atoms. The van der Waals surface area contributed by atoms with Crippen molar-refractivity contribution < 1.29 is 14.3 Å². The Balaban J connectivity index is 1.73. The number of carbonyl (C=O) groups is 2. The molecule has 0 atom stereocenters. The van der Waals surface area contributed by atoms with Crippen LogP contribution in [-0.2, 0) is 9.53 Å². The van der Waals surface area contributed by atoms with Crippen LogP contribution in [0.25, 0.3) is 10.9 Å². The van der Waals surface area contributed by atoms with Crippen molar-refractivity contribution in [2.24, 2.45) is 0 Å². The lowest BCUT2D eigenvalue weighted by Crippen LogP contribution is -2.16. The van der Waals surface area contributed by atoms with Crippen molar-refractivity contribution in [3.05, 3.63) is 52.5 Å². The van der Waals surface area contributed by atoms with Crippen LogP contribution >= 0.6 is 23.1 Å². The summed E-state index contributed by atoms with van der Waals surface area (Å²) in [4.78, 5) is 31.0. The fourth-order valence-electron chi connectivity index (χ4n) is 2.66. The first-order valence-corrected chi connectivity index (χ1v) is 10.3. The van der Waals surface area contributed by atoms with Crippen molar-refractivity contribution in [1.82, 2.24) is 4.98 Å². The van der Waals surface area contributed by atoms with Crippen molar-refractivity contribution in [3.63, 3.8) is 0 Å². The minimum absolute atomic E-state index is 0.167. The topological polar surface area (TPSA) is 68.3 Å². The van der Waals surface area contributed by atoms with Crippen LogP contribution in [0.5, 0.6) is 0 Å². The van der Waals surface area contributed by atoms with E-state index in [9.17, 15) is 9.59 Å². The Morgan fingerprint density at radius 2 is 2.00 bits per heavy atom. The van der Waals surface area contributed by atoms with Crippen LogP contribution in [0.1, 0.15) is 27.7 Å². The van der Waals surface area contributed by atoms with Gasteiger partial charge >= 0.3 is 5.97 Å². The number of anilines is 1. The number of carbonyl (C=O) groups excluding carboxylic acids is 2. The molecule has 0 aliphatic rings.